The number of benzene rings is 1. The molecule has 23 heavy (non-hydrogen) atoms. The van der Waals surface area contributed by atoms with Crippen molar-refractivity contribution in [3.05, 3.63) is 40.6 Å². The minimum Gasteiger partial charge on any atom is -0.469 e. The van der Waals surface area contributed by atoms with E-state index in [4.69, 9.17) is 11.6 Å². The third-order valence-corrected chi connectivity index (χ3v) is 4.67. The minimum atomic E-state index is -0.485. The molecule has 0 bridgehead atoms. The van der Waals surface area contributed by atoms with E-state index in [0.29, 0.717) is 11.5 Å². The van der Waals surface area contributed by atoms with Gasteiger partial charge in [-0.25, -0.2) is 9.37 Å². The van der Waals surface area contributed by atoms with Crippen LogP contribution >= 0.6 is 23.4 Å². The average molecular weight is 354 g/mol. The fourth-order valence-electron chi connectivity index (χ4n) is 2.26. The van der Waals surface area contributed by atoms with E-state index in [9.17, 15) is 9.18 Å². The number of nitrogens with one attached hydrogen (secondary N) is 1. The van der Waals surface area contributed by atoms with Crippen LogP contribution in [-0.4, -0.2) is 28.8 Å². The Bertz CT molecular complexity index is 773. The summed E-state index contributed by atoms with van der Waals surface area (Å²) in [6.07, 6.45) is 0.733. The van der Waals surface area contributed by atoms with Crippen molar-refractivity contribution in [2.24, 2.45) is 0 Å². The molecule has 0 fully saturated rings. The molecule has 0 radical (unpaired) electrons. The summed E-state index contributed by atoms with van der Waals surface area (Å²) in [5.41, 5.74) is 1.71. The number of fused-ring (bicyclic) bond motifs is 1. The van der Waals surface area contributed by atoms with Crippen molar-refractivity contribution < 1.29 is 13.9 Å². The lowest BCUT2D eigenvalue weighted by atomic mass is 10.1. The maximum atomic E-state index is 14.1. The fraction of sp³-hybridized carbons (Fsp3) is 0.267. The van der Waals surface area contributed by atoms with Crippen molar-refractivity contribution in [3.8, 4) is 0 Å². The molecule has 0 aliphatic carbocycles. The molecule has 120 valence electrons. The highest BCUT2D eigenvalue weighted by atomic mass is 35.5. The molecule has 0 spiro atoms. The van der Waals surface area contributed by atoms with Crippen LogP contribution in [0, 0.1) is 5.82 Å². The normalized spacial score (nSPS) is 12.8. The van der Waals surface area contributed by atoms with Gasteiger partial charge in [-0.15, -0.1) is 11.8 Å². The Morgan fingerprint density at radius 3 is 3.04 bits per heavy atom. The molecule has 1 N–H and O–H groups in total. The number of halogens is 2. The van der Waals surface area contributed by atoms with Gasteiger partial charge in [0.15, 0.2) is 0 Å². The Labute approximate surface area is 141 Å². The van der Waals surface area contributed by atoms with Crippen molar-refractivity contribution >= 4 is 40.8 Å². The summed E-state index contributed by atoms with van der Waals surface area (Å²) in [7, 11) is 1.27. The molecule has 0 amide bonds. The highest BCUT2D eigenvalue weighted by molar-refractivity contribution is 7.99. The van der Waals surface area contributed by atoms with Crippen LogP contribution in [-0.2, 0) is 22.4 Å². The van der Waals surface area contributed by atoms with Crippen LogP contribution in [0.15, 0.2) is 23.1 Å². The Morgan fingerprint density at radius 2 is 2.30 bits per heavy atom. The number of aryl methyl sites for hydroxylation is 1. The zero-order valence-electron chi connectivity index (χ0n) is 12.2. The lowest BCUT2D eigenvalue weighted by molar-refractivity contribution is -0.139. The summed E-state index contributed by atoms with van der Waals surface area (Å²) in [5, 5.41) is 3.23. The maximum Gasteiger partial charge on any atom is 0.310 e. The van der Waals surface area contributed by atoms with E-state index in [-0.39, 0.29) is 17.3 Å². The van der Waals surface area contributed by atoms with Gasteiger partial charge < -0.3 is 10.1 Å². The predicted octanol–water partition coefficient (Wildman–Crippen LogP) is 3.38. The van der Waals surface area contributed by atoms with Gasteiger partial charge in [-0.05, 0) is 29.3 Å². The molecular formula is C15H13ClFN3O2S. The van der Waals surface area contributed by atoms with Gasteiger partial charge in [0, 0.05) is 17.9 Å². The van der Waals surface area contributed by atoms with E-state index in [2.05, 4.69) is 20.0 Å². The van der Waals surface area contributed by atoms with Crippen molar-refractivity contribution in [3.63, 3.8) is 0 Å². The van der Waals surface area contributed by atoms with Crippen LogP contribution < -0.4 is 5.32 Å². The SMILES string of the molecule is COC(=O)Cc1ccc(Nc2nc(Cl)nc3c2SCC3)cc1F. The molecule has 0 atom stereocenters. The van der Waals surface area contributed by atoms with E-state index in [1.165, 1.54) is 13.2 Å². The first-order valence-corrected chi connectivity index (χ1v) is 8.24. The van der Waals surface area contributed by atoms with E-state index in [1.807, 2.05) is 0 Å². The zero-order chi connectivity index (χ0) is 16.4. The maximum absolute atomic E-state index is 14.1. The van der Waals surface area contributed by atoms with Gasteiger partial charge in [-0.3, -0.25) is 4.79 Å². The zero-order valence-corrected chi connectivity index (χ0v) is 13.8. The number of anilines is 2. The van der Waals surface area contributed by atoms with Crippen LogP contribution in [0.5, 0.6) is 0 Å². The number of carbonyl (C=O) groups excluding carboxylic acids is 1. The van der Waals surface area contributed by atoms with E-state index < -0.39 is 11.8 Å². The van der Waals surface area contributed by atoms with Gasteiger partial charge in [-0.2, -0.15) is 4.98 Å². The lowest BCUT2D eigenvalue weighted by Crippen LogP contribution is -2.06. The first-order chi connectivity index (χ1) is 11.1. The van der Waals surface area contributed by atoms with Crippen molar-refractivity contribution in [1.82, 2.24) is 9.97 Å². The molecule has 8 heteroatoms. The number of rotatable bonds is 4. The van der Waals surface area contributed by atoms with E-state index >= 15 is 0 Å². The molecule has 1 aromatic carbocycles. The van der Waals surface area contributed by atoms with Gasteiger partial charge in [0.25, 0.3) is 0 Å². The van der Waals surface area contributed by atoms with Crippen molar-refractivity contribution in [1.29, 1.82) is 0 Å². The van der Waals surface area contributed by atoms with Gasteiger partial charge >= 0.3 is 5.97 Å². The van der Waals surface area contributed by atoms with Gasteiger partial charge in [0.1, 0.15) is 11.6 Å². The number of aromatic nitrogens is 2. The molecule has 1 aliphatic heterocycles. The number of methoxy groups -OCH3 is 1. The van der Waals surface area contributed by atoms with Crippen LogP contribution in [0.25, 0.3) is 0 Å². The molecule has 0 saturated heterocycles. The van der Waals surface area contributed by atoms with Gasteiger partial charge in [0.05, 0.1) is 24.1 Å². The smallest absolute Gasteiger partial charge is 0.310 e. The molecule has 1 aliphatic rings. The number of nitrogens with zero attached hydrogens (tertiary/aromatic N) is 2. The Morgan fingerprint density at radius 1 is 1.48 bits per heavy atom. The van der Waals surface area contributed by atoms with Crippen molar-refractivity contribution in [2.75, 3.05) is 18.2 Å². The topological polar surface area (TPSA) is 64.1 Å². The van der Waals surface area contributed by atoms with E-state index in [1.54, 1.807) is 23.9 Å². The van der Waals surface area contributed by atoms with Crippen LogP contribution in [0.2, 0.25) is 5.28 Å². The third-order valence-electron chi connectivity index (χ3n) is 3.37. The molecule has 2 aromatic rings. The second-order valence-corrected chi connectivity index (χ2v) is 6.34. The second-order valence-electron chi connectivity index (χ2n) is 4.90. The number of ether oxygens (including phenoxy) is 1. The summed E-state index contributed by atoms with van der Waals surface area (Å²) < 4.78 is 18.6. The number of hydrogen-bond donors (Lipinski definition) is 1. The second kappa shape index (κ2) is 6.72. The minimum absolute atomic E-state index is 0.104. The van der Waals surface area contributed by atoms with Crippen LogP contribution in [0.1, 0.15) is 11.3 Å². The quantitative estimate of drug-likeness (QED) is 0.671. The summed E-state index contributed by atoms with van der Waals surface area (Å²) >= 11 is 7.57. The first kappa shape index (κ1) is 16.0. The Kier molecular flexibility index (Phi) is 4.68. The third kappa shape index (κ3) is 3.56. The van der Waals surface area contributed by atoms with Crippen molar-refractivity contribution in [2.45, 2.75) is 17.7 Å². The lowest BCUT2D eigenvalue weighted by Gasteiger charge is -2.11. The number of carbonyl (C=O) groups is 1. The molecule has 5 nitrogen and oxygen atoms in total. The van der Waals surface area contributed by atoms with Gasteiger partial charge in [0.2, 0.25) is 5.28 Å². The average Bonchev–Trinajstić information content (AvgIpc) is 2.98. The Hall–Kier alpha value is -1.86. The molecule has 0 unspecified atom stereocenters. The molecule has 0 saturated carbocycles. The standard InChI is InChI=1S/C15H13ClFN3O2S/c1-22-12(21)6-8-2-3-9(7-10(8)17)18-14-13-11(4-5-23-13)19-15(16)20-14/h2-3,7H,4-6H2,1H3,(H,18,19,20). The number of hydrogen-bond acceptors (Lipinski definition) is 6. The fourth-order valence-corrected chi connectivity index (χ4v) is 3.49. The highest BCUT2D eigenvalue weighted by Crippen LogP contribution is 2.37. The summed E-state index contributed by atoms with van der Waals surface area (Å²) in [5.74, 6) is 0.528. The van der Waals surface area contributed by atoms with Crippen LogP contribution in [0.3, 0.4) is 0 Å². The number of esters is 1. The summed E-state index contributed by atoms with van der Waals surface area (Å²) in [6.45, 7) is 0. The summed E-state index contributed by atoms with van der Waals surface area (Å²) in [6, 6.07) is 4.55. The number of thioether (sulfide) groups is 1. The summed E-state index contributed by atoms with van der Waals surface area (Å²) in [4.78, 5) is 20.6. The molecule has 3 rings (SSSR count). The highest BCUT2D eigenvalue weighted by Gasteiger charge is 2.20. The van der Waals surface area contributed by atoms with Crippen LogP contribution in [0.4, 0.5) is 15.9 Å². The van der Waals surface area contributed by atoms with E-state index in [0.717, 1.165) is 22.8 Å². The first-order valence-electron chi connectivity index (χ1n) is 6.88. The molecule has 2 heterocycles. The molecular weight excluding hydrogens is 341 g/mol. The van der Waals surface area contributed by atoms with Gasteiger partial charge in [-0.1, -0.05) is 6.07 Å². The largest absolute Gasteiger partial charge is 0.469 e. The predicted molar refractivity (Wildman–Crippen MR) is 86.9 cm³/mol. The molecule has 1 aromatic heterocycles. The monoisotopic (exact) mass is 353 g/mol. The Balaban J connectivity index is 1.84.